The maximum absolute atomic E-state index is 12.8. The van der Waals surface area contributed by atoms with Crippen LogP contribution in [0.25, 0.3) is 6.08 Å². The third-order valence-electron chi connectivity index (χ3n) is 2.49. The second-order valence-corrected chi connectivity index (χ2v) is 6.72. The number of carbonyl (C=O) groups excluding carboxylic acids is 1. The zero-order valence-electron chi connectivity index (χ0n) is 12.2. The van der Waals surface area contributed by atoms with Gasteiger partial charge in [0.25, 0.3) is 0 Å². The van der Waals surface area contributed by atoms with E-state index in [1.54, 1.807) is 26.0 Å². The van der Waals surface area contributed by atoms with Gasteiger partial charge in [-0.05, 0) is 31.6 Å². The molecule has 0 unspecified atom stereocenters. The van der Waals surface area contributed by atoms with Crippen LogP contribution in [0, 0.1) is 0 Å². The molecule has 0 radical (unpaired) electrons. The third kappa shape index (κ3) is 4.78. The molecule has 0 bridgehead atoms. The molecule has 0 amide bonds. The Morgan fingerprint density at radius 2 is 1.81 bits per heavy atom. The first kappa shape index (κ1) is 18.1. The van der Waals surface area contributed by atoms with Gasteiger partial charge in [-0.1, -0.05) is 34.1 Å². The molecule has 0 aromatic heterocycles. The van der Waals surface area contributed by atoms with Gasteiger partial charge in [-0.25, -0.2) is 4.79 Å². The molecule has 5 nitrogen and oxygen atoms in total. The molecule has 7 heteroatoms. The van der Waals surface area contributed by atoms with Crippen molar-refractivity contribution >= 4 is 35.6 Å². The van der Waals surface area contributed by atoms with Gasteiger partial charge in [-0.3, -0.25) is 4.57 Å². The Hall–Kier alpha value is -0.940. The molecule has 0 saturated heterocycles. The van der Waals surface area contributed by atoms with Gasteiger partial charge in [-0.2, -0.15) is 0 Å². The number of esters is 1. The highest BCUT2D eigenvalue weighted by molar-refractivity contribution is 9.10. The molecule has 0 N–H and O–H groups in total. The van der Waals surface area contributed by atoms with Gasteiger partial charge in [-0.15, -0.1) is 0 Å². The lowest BCUT2D eigenvalue weighted by molar-refractivity contribution is -0.135. The van der Waals surface area contributed by atoms with Crippen LogP contribution >= 0.6 is 23.5 Å². The first-order chi connectivity index (χ1) is 9.98. The monoisotopic (exact) mass is 376 g/mol. The van der Waals surface area contributed by atoms with E-state index in [0.717, 1.165) is 4.47 Å². The normalized spacial score (nSPS) is 12.3. The maximum Gasteiger partial charge on any atom is 0.368 e. The molecule has 21 heavy (non-hydrogen) atoms. The summed E-state index contributed by atoms with van der Waals surface area (Å²) in [5.41, 5.74) is 0.678. The van der Waals surface area contributed by atoms with Crippen molar-refractivity contribution in [2.75, 3.05) is 20.3 Å². The lowest BCUT2D eigenvalue weighted by Crippen LogP contribution is -2.09. The zero-order chi connectivity index (χ0) is 15.9. The second kappa shape index (κ2) is 8.49. The quantitative estimate of drug-likeness (QED) is 0.404. The van der Waals surface area contributed by atoms with Crippen LogP contribution in [0.4, 0.5) is 0 Å². The van der Waals surface area contributed by atoms with Crippen LogP contribution in [-0.4, -0.2) is 26.3 Å². The average molecular weight is 377 g/mol. The predicted octanol–water partition coefficient (Wildman–Crippen LogP) is 4.23. The standard InChI is InChI=1S/C14H18BrO5P/c1-4-19-21(17,20-5-2)13(14(16)18-3)10-11-8-6-7-9-12(11)15/h6-10H,4-5H2,1-3H3. The van der Waals surface area contributed by atoms with Crippen LogP contribution in [0.5, 0.6) is 0 Å². The molecule has 1 rings (SSSR count). The SMILES string of the molecule is CCOP(=O)(OCC)C(=Cc1ccccc1Br)C(=O)OC. The van der Waals surface area contributed by atoms with E-state index in [-0.39, 0.29) is 18.5 Å². The summed E-state index contributed by atoms with van der Waals surface area (Å²) in [6.07, 6.45) is 1.46. The molecule has 1 aromatic carbocycles. The summed E-state index contributed by atoms with van der Waals surface area (Å²) in [4.78, 5) is 12.0. The van der Waals surface area contributed by atoms with Crippen LogP contribution in [0.3, 0.4) is 0 Å². The van der Waals surface area contributed by atoms with E-state index in [1.165, 1.54) is 13.2 Å². The third-order valence-corrected chi connectivity index (χ3v) is 5.31. The van der Waals surface area contributed by atoms with Crippen molar-refractivity contribution in [1.29, 1.82) is 0 Å². The van der Waals surface area contributed by atoms with Crippen LogP contribution in [-0.2, 0) is 23.1 Å². The Labute approximate surface area is 132 Å². The highest BCUT2D eigenvalue weighted by Crippen LogP contribution is 2.57. The number of rotatable bonds is 7. The van der Waals surface area contributed by atoms with Crippen molar-refractivity contribution in [3.63, 3.8) is 0 Å². The first-order valence-corrected chi connectivity index (χ1v) is 8.76. The number of hydrogen-bond acceptors (Lipinski definition) is 5. The molecule has 0 heterocycles. The summed E-state index contributed by atoms with van der Waals surface area (Å²) < 4.78 is 28.7. The van der Waals surface area contributed by atoms with E-state index in [0.29, 0.717) is 5.56 Å². The molecule has 0 atom stereocenters. The van der Waals surface area contributed by atoms with Gasteiger partial charge in [0.2, 0.25) is 0 Å². The lowest BCUT2D eigenvalue weighted by atomic mass is 10.2. The van der Waals surface area contributed by atoms with Crippen LogP contribution in [0.1, 0.15) is 19.4 Å². The van der Waals surface area contributed by atoms with E-state index in [4.69, 9.17) is 13.8 Å². The molecule has 0 spiro atoms. The van der Waals surface area contributed by atoms with E-state index >= 15 is 0 Å². The minimum absolute atomic E-state index is 0.124. The van der Waals surface area contributed by atoms with Crippen molar-refractivity contribution in [1.82, 2.24) is 0 Å². The van der Waals surface area contributed by atoms with E-state index in [9.17, 15) is 9.36 Å². The second-order valence-electron chi connectivity index (χ2n) is 3.88. The predicted molar refractivity (Wildman–Crippen MR) is 85.0 cm³/mol. The topological polar surface area (TPSA) is 61.8 Å². The van der Waals surface area contributed by atoms with Gasteiger partial charge in [0.05, 0.1) is 20.3 Å². The smallest absolute Gasteiger partial charge is 0.368 e. The Morgan fingerprint density at radius 3 is 2.29 bits per heavy atom. The van der Waals surface area contributed by atoms with Crippen LogP contribution in [0.15, 0.2) is 34.1 Å². The Bertz CT molecular complexity index is 560. The number of carbonyl (C=O) groups is 1. The summed E-state index contributed by atoms with van der Waals surface area (Å²) >= 11 is 3.37. The van der Waals surface area contributed by atoms with Crippen molar-refractivity contribution < 1.29 is 23.1 Å². The summed E-state index contributed by atoms with van der Waals surface area (Å²) in [6.45, 7) is 3.67. The highest BCUT2D eigenvalue weighted by atomic mass is 79.9. The van der Waals surface area contributed by atoms with Gasteiger partial charge < -0.3 is 13.8 Å². The van der Waals surface area contributed by atoms with E-state index in [2.05, 4.69) is 15.9 Å². The van der Waals surface area contributed by atoms with Crippen molar-refractivity contribution in [2.24, 2.45) is 0 Å². The number of methoxy groups -OCH3 is 1. The molecule has 0 aliphatic rings. The molecule has 0 aliphatic carbocycles. The Morgan fingerprint density at radius 1 is 1.24 bits per heavy atom. The van der Waals surface area contributed by atoms with Gasteiger partial charge >= 0.3 is 13.6 Å². The summed E-state index contributed by atoms with van der Waals surface area (Å²) in [6, 6.07) is 7.23. The lowest BCUT2D eigenvalue weighted by Gasteiger charge is -2.18. The molecule has 0 saturated carbocycles. The number of ether oxygens (including phenoxy) is 1. The fourth-order valence-electron chi connectivity index (χ4n) is 1.61. The zero-order valence-corrected chi connectivity index (χ0v) is 14.6. The average Bonchev–Trinajstić information content (AvgIpc) is 2.46. The Kier molecular flexibility index (Phi) is 7.32. The fraction of sp³-hybridized carbons (Fsp3) is 0.357. The first-order valence-electron chi connectivity index (χ1n) is 6.42. The van der Waals surface area contributed by atoms with Gasteiger partial charge in [0.1, 0.15) is 5.31 Å². The fourth-order valence-corrected chi connectivity index (χ4v) is 3.65. The molecule has 116 valence electrons. The van der Waals surface area contributed by atoms with E-state index in [1.807, 2.05) is 12.1 Å². The largest absolute Gasteiger partial charge is 0.465 e. The van der Waals surface area contributed by atoms with E-state index < -0.39 is 13.6 Å². The number of benzene rings is 1. The van der Waals surface area contributed by atoms with Crippen molar-refractivity contribution in [2.45, 2.75) is 13.8 Å². The Balaban J connectivity index is 3.38. The van der Waals surface area contributed by atoms with Crippen LogP contribution < -0.4 is 0 Å². The molecular formula is C14H18BrO5P. The van der Waals surface area contributed by atoms with Crippen molar-refractivity contribution in [3.8, 4) is 0 Å². The summed E-state index contributed by atoms with van der Waals surface area (Å²) in [5.74, 6) is -0.740. The highest BCUT2D eigenvalue weighted by Gasteiger charge is 2.35. The molecular weight excluding hydrogens is 359 g/mol. The number of hydrogen-bond donors (Lipinski definition) is 0. The van der Waals surface area contributed by atoms with Gasteiger partial charge in [0.15, 0.2) is 0 Å². The van der Waals surface area contributed by atoms with Gasteiger partial charge in [0, 0.05) is 4.47 Å². The molecule has 0 aliphatic heterocycles. The summed E-state index contributed by atoms with van der Waals surface area (Å²) in [5, 5.41) is -0.124. The number of halogens is 1. The van der Waals surface area contributed by atoms with Crippen LogP contribution in [0.2, 0.25) is 0 Å². The maximum atomic E-state index is 12.8. The minimum atomic E-state index is -3.72. The minimum Gasteiger partial charge on any atom is -0.465 e. The molecule has 0 fully saturated rings. The molecule has 1 aromatic rings. The van der Waals surface area contributed by atoms with Crippen molar-refractivity contribution in [3.05, 3.63) is 39.6 Å². The summed E-state index contributed by atoms with van der Waals surface area (Å²) in [7, 11) is -2.50.